The summed E-state index contributed by atoms with van der Waals surface area (Å²) in [7, 11) is 0. The third-order valence-corrected chi connectivity index (χ3v) is 4.35. The minimum absolute atomic E-state index is 0.0204. The van der Waals surface area contributed by atoms with Gasteiger partial charge in [0.05, 0.1) is 5.02 Å². The SMILES string of the molecule is O=C(COc1ccc(Cl)c2cccnc12)NCC1CCCNC1. The Kier molecular flexibility index (Phi) is 5.31. The number of nitrogens with zero attached hydrogens (tertiary/aromatic N) is 1. The molecule has 1 aromatic carbocycles. The van der Waals surface area contributed by atoms with Crippen LogP contribution in [0.15, 0.2) is 30.5 Å². The van der Waals surface area contributed by atoms with Crippen molar-refractivity contribution in [2.45, 2.75) is 12.8 Å². The predicted molar refractivity (Wildman–Crippen MR) is 90.9 cm³/mol. The third kappa shape index (κ3) is 4.12. The summed E-state index contributed by atoms with van der Waals surface area (Å²) < 4.78 is 5.63. The van der Waals surface area contributed by atoms with Gasteiger partial charge in [0.2, 0.25) is 0 Å². The lowest BCUT2D eigenvalue weighted by molar-refractivity contribution is -0.123. The van der Waals surface area contributed by atoms with Crippen molar-refractivity contribution in [2.24, 2.45) is 5.92 Å². The van der Waals surface area contributed by atoms with Crippen molar-refractivity contribution in [3.63, 3.8) is 0 Å². The number of ether oxygens (including phenoxy) is 1. The molecule has 0 saturated carbocycles. The molecule has 5 nitrogen and oxygen atoms in total. The molecule has 1 aliphatic heterocycles. The molecule has 1 aromatic heterocycles. The first-order valence-corrected chi connectivity index (χ1v) is 8.25. The Morgan fingerprint density at radius 1 is 1.43 bits per heavy atom. The van der Waals surface area contributed by atoms with Crippen molar-refractivity contribution in [2.75, 3.05) is 26.2 Å². The average molecular weight is 334 g/mol. The molecule has 1 fully saturated rings. The summed E-state index contributed by atoms with van der Waals surface area (Å²) in [5.74, 6) is 0.958. The highest BCUT2D eigenvalue weighted by Gasteiger charge is 2.14. The number of pyridine rings is 1. The van der Waals surface area contributed by atoms with Crippen LogP contribution in [-0.4, -0.2) is 37.1 Å². The van der Waals surface area contributed by atoms with Gasteiger partial charge in [0.25, 0.3) is 5.91 Å². The number of carbonyl (C=O) groups excluding carboxylic acids is 1. The number of hydrogen-bond donors (Lipinski definition) is 2. The molecular formula is C17H20ClN3O2. The highest BCUT2D eigenvalue weighted by atomic mass is 35.5. The fourth-order valence-electron chi connectivity index (χ4n) is 2.78. The van der Waals surface area contributed by atoms with E-state index in [-0.39, 0.29) is 12.5 Å². The van der Waals surface area contributed by atoms with Crippen LogP contribution in [0.2, 0.25) is 5.02 Å². The van der Waals surface area contributed by atoms with Crippen LogP contribution in [0.3, 0.4) is 0 Å². The van der Waals surface area contributed by atoms with Crippen LogP contribution >= 0.6 is 11.6 Å². The third-order valence-electron chi connectivity index (χ3n) is 4.03. The highest BCUT2D eigenvalue weighted by Crippen LogP contribution is 2.29. The van der Waals surface area contributed by atoms with Gasteiger partial charge in [-0.15, -0.1) is 0 Å². The van der Waals surface area contributed by atoms with E-state index in [4.69, 9.17) is 16.3 Å². The van der Waals surface area contributed by atoms with Gasteiger partial charge in [0.1, 0.15) is 11.3 Å². The quantitative estimate of drug-likeness (QED) is 0.882. The van der Waals surface area contributed by atoms with E-state index < -0.39 is 0 Å². The molecule has 2 heterocycles. The van der Waals surface area contributed by atoms with E-state index in [1.165, 1.54) is 6.42 Å². The van der Waals surface area contributed by atoms with Gasteiger partial charge in [-0.1, -0.05) is 11.6 Å². The van der Waals surface area contributed by atoms with Crippen LogP contribution in [0.25, 0.3) is 10.9 Å². The molecule has 2 aromatic rings. The van der Waals surface area contributed by atoms with E-state index in [0.717, 1.165) is 24.9 Å². The fourth-order valence-corrected chi connectivity index (χ4v) is 2.99. The Hall–Kier alpha value is -1.85. The lowest BCUT2D eigenvalue weighted by Crippen LogP contribution is -2.39. The van der Waals surface area contributed by atoms with E-state index in [1.807, 2.05) is 12.1 Å². The van der Waals surface area contributed by atoms with Crippen LogP contribution in [0.4, 0.5) is 0 Å². The maximum Gasteiger partial charge on any atom is 0.257 e. The van der Waals surface area contributed by atoms with Crippen LogP contribution < -0.4 is 15.4 Å². The lowest BCUT2D eigenvalue weighted by Gasteiger charge is -2.22. The summed E-state index contributed by atoms with van der Waals surface area (Å²) in [5, 5.41) is 7.71. The summed E-state index contributed by atoms with van der Waals surface area (Å²) in [5.41, 5.74) is 0.671. The normalized spacial score (nSPS) is 17.9. The largest absolute Gasteiger partial charge is 0.481 e. The number of nitrogens with one attached hydrogen (secondary N) is 2. The molecule has 1 aliphatic rings. The van der Waals surface area contributed by atoms with E-state index >= 15 is 0 Å². The minimum atomic E-state index is -0.116. The predicted octanol–water partition coefficient (Wildman–Crippen LogP) is 2.38. The Balaban J connectivity index is 1.55. The Morgan fingerprint density at radius 3 is 3.17 bits per heavy atom. The molecule has 0 radical (unpaired) electrons. The standard InChI is InChI=1S/C17H20ClN3O2/c18-14-5-6-15(17-13(14)4-2-8-20-17)23-11-16(22)21-10-12-3-1-7-19-9-12/h2,4-6,8,12,19H,1,3,7,9-11H2,(H,21,22). The second kappa shape index (κ2) is 7.62. The zero-order valence-electron chi connectivity index (χ0n) is 12.8. The van der Waals surface area contributed by atoms with Crippen molar-refractivity contribution in [3.05, 3.63) is 35.5 Å². The van der Waals surface area contributed by atoms with Crippen molar-refractivity contribution in [3.8, 4) is 5.75 Å². The van der Waals surface area contributed by atoms with Crippen LogP contribution in [0, 0.1) is 5.92 Å². The molecule has 1 atom stereocenters. The molecule has 0 aliphatic carbocycles. The van der Waals surface area contributed by atoms with Crippen molar-refractivity contribution < 1.29 is 9.53 Å². The molecule has 122 valence electrons. The zero-order chi connectivity index (χ0) is 16.1. The highest BCUT2D eigenvalue weighted by molar-refractivity contribution is 6.35. The van der Waals surface area contributed by atoms with Crippen molar-refractivity contribution >= 4 is 28.4 Å². The monoisotopic (exact) mass is 333 g/mol. The van der Waals surface area contributed by atoms with Gasteiger partial charge in [-0.05, 0) is 56.1 Å². The first kappa shape index (κ1) is 16.0. The van der Waals surface area contributed by atoms with Gasteiger partial charge in [-0.25, -0.2) is 0 Å². The number of amides is 1. The first-order valence-electron chi connectivity index (χ1n) is 7.87. The molecule has 1 unspecified atom stereocenters. The second-order valence-corrected chi connectivity index (χ2v) is 6.16. The van der Waals surface area contributed by atoms with Crippen molar-refractivity contribution in [1.82, 2.24) is 15.6 Å². The van der Waals surface area contributed by atoms with E-state index in [1.54, 1.807) is 18.3 Å². The lowest BCUT2D eigenvalue weighted by atomic mass is 10.00. The molecule has 3 rings (SSSR count). The summed E-state index contributed by atoms with van der Waals surface area (Å²) in [6.45, 7) is 2.71. The molecule has 2 N–H and O–H groups in total. The number of piperidine rings is 1. The number of carbonyl (C=O) groups is 1. The Labute approximate surface area is 140 Å². The number of rotatable bonds is 5. The van der Waals surface area contributed by atoms with Gasteiger partial charge in [0.15, 0.2) is 6.61 Å². The number of hydrogen-bond acceptors (Lipinski definition) is 4. The summed E-state index contributed by atoms with van der Waals surface area (Å²) >= 11 is 6.15. The van der Waals surface area contributed by atoms with Crippen LogP contribution in [0.1, 0.15) is 12.8 Å². The van der Waals surface area contributed by atoms with Gasteiger partial charge >= 0.3 is 0 Å². The summed E-state index contributed by atoms with van der Waals surface area (Å²) in [6, 6.07) is 7.21. The summed E-state index contributed by atoms with van der Waals surface area (Å²) in [6.07, 6.45) is 4.00. The van der Waals surface area contributed by atoms with Gasteiger partial charge in [0, 0.05) is 18.1 Å². The Bertz CT molecular complexity index is 687. The maximum atomic E-state index is 12.0. The molecule has 1 saturated heterocycles. The van der Waals surface area contributed by atoms with Crippen molar-refractivity contribution in [1.29, 1.82) is 0 Å². The van der Waals surface area contributed by atoms with Gasteiger partial charge in [-0.3, -0.25) is 9.78 Å². The topological polar surface area (TPSA) is 63.2 Å². The van der Waals surface area contributed by atoms with E-state index in [0.29, 0.717) is 28.8 Å². The smallest absolute Gasteiger partial charge is 0.257 e. The van der Waals surface area contributed by atoms with Crippen LogP contribution in [0.5, 0.6) is 5.75 Å². The number of benzene rings is 1. The van der Waals surface area contributed by atoms with Gasteiger partial charge < -0.3 is 15.4 Å². The Morgan fingerprint density at radius 2 is 2.35 bits per heavy atom. The first-order chi connectivity index (χ1) is 11.2. The summed E-state index contributed by atoms with van der Waals surface area (Å²) in [4.78, 5) is 16.2. The molecule has 23 heavy (non-hydrogen) atoms. The second-order valence-electron chi connectivity index (χ2n) is 5.75. The van der Waals surface area contributed by atoms with Gasteiger partial charge in [-0.2, -0.15) is 0 Å². The minimum Gasteiger partial charge on any atom is -0.481 e. The molecular weight excluding hydrogens is 314 g/mol. The molecule has 0 bridgehead atoms. The maximum absolute atomic E-state index is 12.0. The average Bonchev–Trinajstić information content (AvgIpc) is 2.60. The number of aromatic nitrogens is 1. The zero-order valence-corrected chi connectivity index (χ0v) is 13.6. The number of halogens is 1. The molecule has 1 amide bonds. The fraction of sp³-hybridized carbons (Fsp3) is 0.412. The number of fused-ring (bicyclic) bond motifs is 1. The van der Waals surface area contributed by atoms with Crippen LogP contribution in [-0.2, 0) is 4.79 Å². The molecule has 6 heteroatoms. The van der Waals surface area contributed by atoms with E-state index in [9.17, 15) is 4.79 Å². The molecule has 0 spiro atoms. The van der Waals surface area contributed by atoms with E-state index in [2.05, 4.69) is 15.6 Å².